The summed E-state index contributed by atoms with van der Waals surface area (Å²) >= 11 is 0. The maximum atomic E-state index is 8.73. The molecule has 0 aromatic rings. The Labute approximate surface area is 48.6 Å². The van der Waals surface area contributed by atoms with Gasteiger partial charge < -0.3 is 0 Å². The molecule has 0 aromatic heterocycles. The fourth-order valence-corrected chi connectivity index (χ4v) is 0. The molecule has 5 heteroatoms. The molecule has 0 amide bonds. The van der Waals surface area contributed by atoms with Gasteiger partial charge in [-0.1, -0.05) is 0 Å². The van der Waals surface area contributed by atoms with E-state index < -0.39 is 7.43 Å². The second kappa shape index (κ2) is 1.62. The number of hydrogen-bond acceptors (Lipinski definition) is 4. The SMILES string of the molecule is CN(C)P(C)(O)(O)O. The summed E-state index contributed by atoms with van der Waals surface area (Å²) in [4.78, 5) is 26.2. The third kappa shape index (κ3) is 2.55. The summed E-state index contributed by atoms with van der Waals surface area (Å²) in [6, 6.07) is 0. The average molecular weight is 141 g/mol. The third-order valence-electron chi connectivity index (χ3n) is 0.937. The maximum absolute atomic E-state index is 8.73. The van der Waals surface area contributed by atoms with Crippen LogP contribution in [0.4, 0.5) is 0 Å². The van der Waals surface area contributed by atoms with Crippen LogP contribution < -0.4 is 0 Å². The van der Waals surface area contributed by atoms with Crippen LogP contribution >= 0.6 is 7.43 Å². The van der Waals surface area contributed by atoms with Gasteiger partial charge in [-0.15, -0.1) is 0 Å². The van der Waals surface area contributed by atoms with E-state index in [4.69, 9.17) is 14.7 Å². The molecule has 0 heterocycles. The van der Waals surface area contributed by atoms with Gasteiger partial charge in [0.25, 0.3) is 0 Å². The van der Waals surface area contributed by atoms with E-state index in [1.54, 1.807) is 0 Å². The Morgan fingerprint density at radius 2 is 1.25 bits per heavy atom. The first-order chi connectivity index (χ1) is 3.20. The van der Waals surface area contributed by atoms with Crippen LogP contribution in [0.1, 0.15) is 0 Å². The van der Waals surface area contributed by atoms with Crippen LogP contribution in [0.2, 0.25) is 0 Å². The third-order valence-corrected chi connectivity index (χ3v) is 2.81. The summed E-state index contributed by atoms with van der Waals surface area (Å²) in [6.45, 7) is 1.01. The van der Waals surface area contributed by atoms with Gasteiger partial charge in [0.2, 0.25) is 0 Å². The van der Waals surface area contributed by atoms with Crippen molar-refractivity contribution in [3.8, 4) is 0 Å². The number of rotatable bonds is 1. The first kappa shape index (κ1) is 8.27. The van der Waals surface area contributed by atoms with Gasteiger partial charge in [0.15, 0.2) is 0 Å². The van der Waals surface area contributed by atoms with Crippen LogP contribution in [-0.2, 0) is 0 Å². The van der Waals surface area contributed by atoms with Crippen molar-refractivity contribution in [3.05, 3.63) is 0 Å². The Hall–Kier alpha value is 0.270. The van der Waals surface area contributed by atoms with Gasteiger partial charge in [-0.25, -0.2) is 0 Å². The number of hydrogen-bond donors (Lipinski definition) is 3. The van der Waals surface area contributed by atoms with Crippen LogP contribution in [-0.4, -0.2) is 40.1 Å². The van der Waals surface area contributed by atoms with E-state index in [2.05, 4.69) is 0 Å². The number of nitrogens with zero attached hydrogens (tertiary/aromatic N) is 1. The Kier molecular flexibility index (Phi) is 1.68. The molecule has 52 valence electrons. The average Bonchev–Trinajstić information content (AvgIpc) is 1.27. The van der Waals surface area contributed by atoms with E-state index in [1.165, 1.54) is 14.1 Å². The van der Waals surface area contributed by atoms with Crippen molar-refractivity contribution in [2.45, 2.75) is 0 Å². The summed E-state index contributed by atoms with van der Waals surface area (Å²) < 4.78 is 1.01. The van der Waals surface area contributed by atoms with Crippen molar-refractivity contribution in [3.63, 3.8) is 0 Å². The zero-order valence-electron chi connectivity index (χ0n) is 5.24. The Morgan fingerprint density at radius 1 is 1.12 bits per heavy atom. The molecule has 0 atom stereocenters. The molecular formula is C3H12NO3P. The molecular weight excluding hydrogens is 129 g/mol. The normalized spacial score (nSPS) is 18.1. The monoisotopic (exact) mass is 141 g/mol. The van der Waals surface area contributed by atoms with Crippen LogP contribution in [0, 0.1) is 0 Å². The summed E-state index contributed by atoms with van der Waals surface area (Å²) in [6.07, 6.45) is 0. The Balaban J connectivity index is 4.14. The Bertz CT molecular complexity index is 85.2. The molecule has 0 aliphatic carbocycles. The molecule has 0 unspecified atom stereocenters. The fraction of sp³-hybridized carbons (Fsp3) is 1.00. The topological polar surface area (TPSA) is 63.9 Å². The van der Waals surface area contributed by atoms with Crippen LogP contribution in [0.5, 0.6) is 0 Å². The summed E-state index contributed by atoms with van der Waals surface area (Å²) in [5.41, 5.74) is 0. The van der Waals surface area contributed by atoms with Gasteiger partial charge in [0.05, 0.1) is 0 Å². The molecule has 4 nitrogen and oxygen atoms in total. The minimum absolute atomic E-state index is 1.01. The van der Waals surface area contributed by atoms with Crippen molar-refractivity contribution in [2.75, 3.05) is 20.8 Å². The van der Waals surface area contributed by atoms with Crippen molar-refractivity contribution >= 4 is 7.43 Å². The standard InChI is InChI=1S/C3H12NO3P/c1-4(2)8(3,5,6)7/h5-7H,1-3H3. The zero-order chi connectivity index (χ0) is 7.02. The quantitative estimate of drug-likeness (QED) is 0.425. The molecule has 0 bridgehead atoms. The van der Waals surface area contributed by atoms with Crippen molar-refractivity contribution < 1.29 is 14.7 Å². The predicted molar refractivity (Wildman–Crippen MR) is 33.2 cm³/mol. The molecule has 0 saturated carbocycles. The van der Waals surface area contributed by atoms with E-state index in [0.717, 1.165) is 11.3 Å². The van der Waals surface area contributed by atoms with Crippen LogP contribution in [0.3, 0.4) is 0 Å². The summed E-state index contributed by atoms with van der Waals surface area (Å²) in [5, 5.41) is 0. The molecule has 0 aromatic carbocycles. The molecule has 3 N–H and O–H groups in total. The Morgan fingerprint density at radius 3 is 1.25 bits per heavy atom. The molecule has 0 spiro atoms. The van der Waals surface area contributed by atoms with E-state index in [1.807, 2.05) is 0 Å². The van der Waals surface area contributed by atoms with Crippen LogP contribution in [0.15, 0.2) is 0 Å². The molecule has 0 aliphatic rings. The predicted octanol–water partition coefficient (Wildman–Crippen LogP) is -0.632. The van der Waals surface area contributed by atoms with Gasteiger partial charge in [-0.2, -0.15) is 0 Å². The first-order valence-electron chi connectivity index (χ1n) is 2.14. The van der Waals surface area contributed by atoms with E-state index in [9.17, 15) is 0 Å². The van der Waals surface area contributed by atoms with Crippen molar-refractivity contribution in [1.29, 1.82) is 0 Å². The second-order valence-electron chi connectivity index (χ2n) is 2.18. The molecule has 0 fully saturated rings. The van der Waals surface area contributed by atoms with E-state index in [0.29, 0.717) is 0 Å². The van der Waals surface area contributed by atoms with E-state index >= 15 is 0 Å². The summed E-state index contributed by atoms with van der Waals surface area (Å²) in [5.74, 6) is 0. The van der Waals surface area contributed by atoms with Gasteiger partial charge in [0.1, 0.15) is 0 Å². The second-order valence-corrected chi connectivity index (χ2v) is 5.66. The molecule has 0 aliphatic heterocycles. The van der Waals surface area contributed by atoms with E-state index in [-0.39, 0.29) is 0 Å². The summed E-state index contributed by atoms with van der Waals surface area (Å²) in [7, 11) is -1.55. The molecule has 8 heavy (non-hydrogen) atoms. The minimum atomic E-state index is -4.35. The molecule has 0 rings (SSSR count). The first-order valence-corrected chi connectivity index (χ1v) is 4.64. The van der Waals surface area contributed by atoms with Crippen molar-refractivity contribution in [1.82, 2.24) is 4.67 Å². The van der Waals surface area contributed by atoms with Crippen molar-refractivity contribution in [2.24, 2.45) is 0 Å². The molecule has 0 saturated heterocycles. The van der Waals surface area contributed by atoms with Gasteiger partial charge in [-0.05, 0) is 0 Å². The van der Waals surface area contributed by atoms with Gasteiger partial charge in [-0.3, -0.25) is 0 Å². The van der Waals surface area contributed by atoms with Gasteiger partial charge >= 0.3 is 47.5 Å². The fourth-order valence-electron chi connectivity index (χ4n) is 0. The molecule has 0 radical (unpaired) electrons. The van der Waals surface area contributed by atoms with Gasteiger partial charge in [0, 0.05) is 0 Å². The zero-order valence-corrected chi connectivity index (χ0v) is 6.13. The van der Waals surface area contributed by atoms with Crippen LogP contribution in [0.25, 0.3) is 0 Å².